The van der Waals surface area contributed by atoms with Gasteiger partial charge < -0.3 is 4.74 Å². The molecular formula is C32H45F3O. The Morgan fingerprint density at radius 2 is 1.44 bits per heavy atom. The van der Waals surface area contributed by atoms with Crippen molar-refractivity contribution in [2.45, 2.75) is 116 Å². The second-order valence-corrected chi connectivity index (χ2v) is 10.7. The van der Waals surface area contributed by atoms with Gasteiger partial charge in [-0.05, 0) is 67.2 Å². The van der Waals surface area contributed by atoms with E-state index in [0.29, 0.717) is 17.9 Å². The number of rotatable bonds is 15. The van der Waals surface area contributed by atoms with Crippen LogP contribution in [0.3, 0.4) is 0 Å². The molecule has 0 spiro atoms. The van der Waals surface area contributed by atoms with Gasteiger partial charge >= 0.3 is 0 Å². The van der Waals surface area contributed by atoms with Crippen molar-refractivity contribution in [2.24, 2.45) is 5.92 Å². The summed E-state index contributed by atoms with van der Waals surface area (Å²) < 4.78 is 49.0. The lowest BCUT2D eigenvalue weighted by Gasteiger charge is -2.29. The summed E-state index contributed by atoms with van der Waals surface area (Å²) >= 11 is 0. The highest BCUT2D eigenvalue weighted by Crippen LogP contribution is 2.39. The topological polar surface area (TPSA) is 9.23 Å². The molecule has 2 aromatic carbocycles. The summed E-state index contributed by atoms with van der Waals surface area (Å²) in [6.07, 6.45) is 14.7. The van der Waals surface area contributed by atoms with Crippen molar-refractivity contribution in [3.05, 3.63) is 53.6 Å². The maximum absolute atomic E-state index is 14.9. The summed E-state index contributed by atoms with van der Waals surface area (Å²) in [6, 6.07) is 10.8. The van der Waals surface area contributed by atoms with E-state index < -0.39 is 17.8 Å². The van der Waals surface area contributed by atoms with E-state index in [9.17, 15) is 13.2 Å². The van der Waals surface area contributed by atoms with Gasteiger partial charge in [-0.3, -0.25) is 0 Å². The molecule has 2 aromatic rings. The van der Waals surface area contributed by atoms with Crippen LogP contribution in [0, 0.1) is 17.6 Å². The first-order valence-corrected chi connectivity index (χ1v) is 14.4. The van der Waals surface area contributed by atoms with E-state index in [-0.39, 0.29) is 17.9 Å². The van der Waals surface area contributed by atoms with E-state index in [0.717, 1.165) is 38.0 Å². The Labute approximate surface area is 216 Å². The second-order valence-electron chi connectivity index (χ2n) is 10.7. The van der Waals surface area contributed by atoms with Crippen LogP contribution in [0.1, 0.15) is 115 Å². The number of hydrogen-bond donors (Lipinski definition) is 0. The molecule has 0 bridgehead atoms. The summed E-state index contributed by atoms with van der Waals surface area (Å²) in [5.41, 5.74) is 2.14. The summed E-state index contributed by atoms with van der Waals surface area (Å²) in [7, 11) is 0. The lowest BCUT2D eigenvalue weighted by molar-refractivity contribution is 0.177. The highest BCUT2D eigenvalue weighted by molar-refractivity contribution is 5.65. The summed E-state index contributed by atoms with van der Waals surface area (Å²) in [4.78, 5) is 0. The molecule has 1 saturated carbocycles. The van der Waals surface area contributed by atoms with Crippen molar-refractivity contribution < 1.29 is 17.9 Å². The van der Waals surface area contributed by atoms with Crippen LogP contribution >= 0.6 is 0 Å². The molecule has 1 aliphatic carbocycles. The van der Waals surface area contributed by atoms with E-state index in [1.807, 2.05) is 12.1 Å². The van der Waals surface area contributed by atoms with Gasteiger partial charge in [0.15, 0.2) is 11.6 Å². The van der Waals surface area contributed by atoms with Gasteiger partial charge in [-0.2, -0.15) is 4.39 Å². The second kappa shape index (κ2) is 15.3. The maximum Gasteiger partial charge on any atom is 0.201 e. The third kappa shape index (κ3) is 8.56. The van der Waals surface area contributed by atoms with Crippen molar-refractivity contribution >= 4 is 0 Å². The van der Waals surface area contributed by atoms with E-state index >= 15 is 0 Å². The fourth-order valence-electron chi connectivity index (χ4n) is 5.50. The average Bonchev–Trinajstić information content (AvgIpc) is 2.90. The predicted molar refractivity (Wildman–Crippen MR) is 144 cm³/mol. The summed E-state index contributed by atoms with van der Waals surface area (Å²) in [5.74, 6) is -0.796. The SMILES string of the molecule is CCCCCCC[C@H](F)COc1ccc(-c2ccc(C3CCC(CCCCC)CC3)cc2)c(F)c1F. The number of unbranched alkanes of at least 4 members (excludes halogenated alkanes) is 6. The summed E-state index contributed by atoms with van der Waals surface area (Å²) in [6.45, 7) is 4.14. The van der Waals surface area contributed by atoms with Gasteiger partial charge in [0, 0.05) is 5.56 Å². The van der Waals surface area contributed by atoms with E-state index in [1.54, 1.807) is 0 Å². The van der Waals surface area contributed by atoms with Crippen LogP contribution in [0.5, 0.6) is 5.75 Å². The minimum atomic E-state index is -1.17. The molecule has 0 N–H and O–H groups in total. The van der Waals surface area contributed by atoms with Crippen molar-refractivity contribution in [3.63, 3.8) is 0 Å². The molecule has 1 atom stereocenters. The van der Waals surface area contributed by atoms with Gasteiger partial charge in [0.1, 0.15) is 12.8 Å². The Hall–Kier alpha value is -1.97. The van der Waals surface area contributed by atoms with Crippen LogP contribution in [0.2, 0.25) is 0 Å². The quantitative estimate of drug-likeness (QED) is 0.220. The van der Waals surface area contributed by atoms with Crippen molar-refractivity contribution in [1.82, 2.24) is 0 Å². The molecule has 0 amide bonds. The molecule has 3 rings (SSSR count). The van der Waals surface area contributed by atoms with Gasteiger partial charge in [-0.15, -0.1) is 0 Å². The zero-order valence-corrected chi connectivity index (χ0v) is 22.3. The Balaban J connectivity index is 1.51. The zero-order chi connectivity index (χ0) is 25.8. The molecule has 0 heterocycles. The normalized spacial score (nSPS) is 18.8. The Bertz CT molecular complexity index is 887. The first kappa shape index (κ1) is 28.6. The molecule has 4 heteroatoms. The molecule has 200 valence electrons. The monoisotopic (exact) mass is 502 g/mol. The molecule has 1 nitrogen and oxygen atoms in total. The third-order valence-electron chi connectivity index (χ3n) is 7.84. The molecule has 0 aromatic heterocycles. The third-order valence-corrected chi connectivity index (χ3v) is 7.84. The fourth-order valence-corrected chi connectivity index (χ4v) is 5.50. The molecule has 0 aliphatic heterocycles. The molecule has 1 fully saturated rings. The number of hydrogen-bond acceptors (Lipinski definition) is 1. The highest BCUT2D eigenvalue weighted by atomic mass is 19.2. The number of alkyl halides is 1. The lowest BCUT2D eigenvalue weighted by atomic mass is 9.77. The smallest absolute Gasteiger partial charge is 0.201 e. The molecular weight excluding hydrogens is 457 g/mol. The summed E-state index contributed by atoms with van der Waals surface area (Å²) in [5, 5.41) is 0. The van der Waals surface area contributed by atoms with Crippen LogP contribution in [0.4, 0.5) is 13.2 Å². The maximum atomic E-state index is 14.9. The van der Waals surface area contributed by atoms with E-state index in [2.05, 4.69) is 26.0 Å². The Morgan fingerprint density at radius 3 is 2.14 bits per heavy atom. The van der Waals surface area contributed by atoms with Crippen LogP contribution in [0.25, 0.3) is 11.1 Å². The first-order chi connectivity index (χ1) is 17.5. The molecule has 36 heavy (non-hydrogen) atoms. The van der Waals surface area contributed by atoms with Gasteiger partial charge in [-0.25, -0.2) is 8.78 Å². The minimum absolute atomic E-state index is 0.207. The van der Waals surface area contributed by atoms with Crippen LogP contribution in [-0.4, -0.2) is 12.8 Å². The minimum Gasteiger partial charge on any atom is -0.487 e. The first-order valence-electron chi connectivity index (χ1n) is 14.4. The standard InChI is InChI=1S/C32H45F3O/c1-3-5-7-8-10-12-28(33)23-36-30-22-21-29(31(34)32(30)35)27-19-17-26(18-20-27)25-15-13-24(14-16-25)11-9-6-4-2/h17-22,24-25,28H,3-16,23H2,1-2H3/t24?,25?,28-/m0/s1. The molecule has 0 saturated heterocycles. The molecule has 0 radical (unpaired) electrons. The number of halogens is 3. The predicted octanol–water partition coefficient (Wildman–Crippen LogP) is 10.6. The average molecular weight is 503 g/mol. The fraction of sp³-hybridized carbons (Fsp3) is 0.625. The van der Waals surface area contributed by atoms with Crippen molar-refractivity contribution in [3.8, 4) is 16.9 Å². The Morgan fingerprint density at radius 1 is 0.778 bits per heavy atom. The van der Waals surface area contributed by atoms with Gasteiger partial charge in [0.2, 0.25) is 5.82 Å². The van der Waals surface area contributed by atoms with E-state index in [1.165, 1.54) is 69.1 Å². The van der Waals surface area contributed by atoms with Crippen molar-refractivity contribution in [2.75, 3.05) is 6.61 Å². The molecule has 0 unspecified atom stereocenters. The number of benzene rings is 2. The highest BCUT2D eigenvalue weighted by Gasteiger charge is 2.23. The van der Waals surface area contributed by atoms with Gasteiger partial charge in [0.05, 0.1) is 0 Å². The zero-order valence-electron chi connectivity index (χ0n) is 22.3. The van der Waals surface area contributed by atoms with Crippen LogP contribution < -0.4 is 4.74 Å². The van der Waals surface area contributed by atoms with Gasteiger partial charge in [-0.1, -0.05) is 95.9 Å². The van der Waals surface area contributed by atoms with Crippen molar-refractivity contribution in [1.29, 1.82) is 0 Å². The van der Waals surface area contributed by atoms with Gasteiger partial charge in [0.25, 0.3) is 0 Å². The number of ether oxygens (including phenoxy) is 1. The Kier molecular flexibility index (Phi) is 12.2. The largest absolute Gasteiger partial charge is 0.487 e. The molecule has 1 aliphatic rings. The lowest BCUT2D eigenvalue weighted by Crippen LogP contribution is -2.14. The van der Waals surface area contributed by atoms with Crippen LogP contribution in [-0.2, 0) is 0 Å². The van der Waals surface area contributed by atoms with E-state index in [4.69, 9.17) is 4.74 Å². The van der Waals surface area contributed by atoms with Crippen LogP contribution in [0.15, 0.2) is 36.4 Å².